The topological polar surface area (TPSA) is 73.9 Å². The molecule has 1 rings (SSSR count). The standard InChI is InChI=1S/C10H13NO5S/c1-4-16-6-5-7(9(12)11-15-3)17-8(6)10(13)14-2/h5H,4H2,1-3H3,(H,11,12). The number of amides is 1. The Bertz CT molecular complexity index is 415. The van der Waals surface area contributed by atoms with E-state index in [1.54, 1.807) is 6.92 Å². The Labute approximate surface area is 102 Å². The third-order valence-electron chi connectivity index (χ3n) is 1.79. The van der Waals surface area contributed by atoms with E-state index in [1.165, 1.54) is 20.3 Å². The zero-order valence-corrected chi connectivity index (χ0v) is 10.6. The van der Waals surface area contributed by atoms with E-state index in [1.807, 2.05) is 0 Å². The quantitative estimate of drug-likeness (QED) is 0.636. The van der Waals surface area contributed by atoms with Crippen molar-refractivity contribution in [1.82, 2.24) is 5.48 Å². The maximum atomic E-state index is 11.5. The summed E-state index contributed by atoms with van der Waals surface area (Å²) in [6, 6.07) is 1.48. The molecule has 0 atom stereocenters. The normalized spacial score (nSPS) is 9.82. The van der Waals surface area contributed by atoms with Gasteiger partial charge >= 0.3 is 5.97 Å². The second kappa shape index (κ2) is 6.21. The molecule has 0 saturated carbocycles. The summed E-state index contributed by atoms with van der Waals surface area (Å²) in [6.07, 6.45) is 0. The van der Waals surface area contributed by atoms with Crippen LogP contribution >= 0.6 is 11.3 Å². The summed E-state index contributed by atoms with van der Waals surface area (Å²) in [5.74, 6) is -0.630. The van der Waals surface area contributed by atoms with Gasteiger partial charge in [-0.25, -0.2) is 10.3 Å². The monoisotopic (exact) mass is 259 g/mol. The van der Waals surface area contributed by atoms with Gasteiger partial charge in [-0.05, 0) is 6.92 Å². The summed E-state index contributed by atoms with van der Waals surface area (Å²) in [6.45, 7) is 2.18. The first-order chi connectivity index (χ1) is 8.13. The molecule has 0 aromatic carbocycles. The molecular formula is C10H13NO5S. The fraction of sp³-hybridized carbons (Fsp3) is 0.400. The molecule has 1 amide bonds. The molecule has 94 valence electrons. The Morgan fingerprint density at radius 2 is 2.12 bits per heavy atom. The molecule has 0 aliphatic rings. The average Bonchev–Trinajstić information content (AvgIpc) is 2.73. The van der Waals surface area contributed by atoms with Gasteiger partial charge in [0.05, 0.1) is 25.7 Å². The molecule has 6 nitrogen and oxygen atoms in total. The lowest BCUT2D eigenvalue weighted by atomic mass is 10.4. The zero-order chi connectivity index (χ0) is 12.8. The molecule has 0 fully saturated rings. The second-order valence-electron chi connectivity index (χ2n) is 2.86. The van der Waals surface area contributed by atoms with Crippen molar-refractivity contribution in [3.63, 3.8) is 0 Å². The number of carbonyl (C=O) groups is 2. The number of carbonyl (C=O) groups excluding carboxylic acids is 2. The molecule has 1 N–H and O–H groups in total. The van der Waals surface area contributed by atoms with E-state index >= 15 is 0 Å². The van der Waals surface area contributed by atoms with Crippen LogP contribution in [0.5, 0.6) is 5.75 Å². The fourth-order valence-corrected chi connectivity index (χ4v) is 2.03. The molecule has 1 aromatic rings. The van der Waals surface area contributed by atoms with Gasteiger partial charge in [0, 0.05) is 6.07 Å². The smallest absolute Gasteiger partial charge is 0.351 e. The minimum Gasteiger partial charge on any atom is -0.492 e. The molecule has 0 bridgehead atoms. The van der Waals surface area contributed by atoms with Crippen LogP contribution < -0.4 is 10.2 Å². The summed E-state index contributed by atoms with van der Waals surface area (Å²) in [5.41, 5.74) is 2.17. The Morgan fingerprint density at radius 3 is 2.65 bits per heavy atom. The number of methoxy groups -OCH3 is 1. The van der Waals surface area contributed by atoms with E-state index in [9.17, 15) is 9.59 Å². The Morgan fingerprint density at radius 1 is 1.41 bits per heavy atom. The van der Waals surface area contributed by atoms with Gasteiger partial charge in [0.1, 0.15) is 5.75 Å². The maximum Gasteiger partial charge on any atom is 0.351 e. The van der Waals surface area contributed by atoms with E-state index in [0.717, 1.165) is 11.3 Å². The molecule has 0 saturated heterocycles. The van der Waals surface area contributed by atoms with Gasteiger partial charge in [-0.3, -0.25) is 9.63 Å². The number of hydrogen-bond acceptors (Lipinski definition) is 6. The third kappa shape index (κ3) is 3.18. The molecular weight excluding hydrogens is 246 g/mol. The van der Waals surface area contributed by atoms with Crippen molar-refractivity contribution in [1.29, 1.82) is 0 Å². The second-order valence-corrected chi connectivity index (χ2v) is 3.92. The summed E-state index contributed by atoms with van der Waals surface area (Å²) in [5, 5.41) is 0. The molecule has 0 spiro atoms. The molecule has 1 heterocycles. The van der Waals surface area contributed by atoms with Crippen molar-refractivity contribution in [3.05, 3.63) is 15.8 Å². The van der Waals surface area contributed by atoms with Crippen LogP contribution in [0.4, 0.5) is 0 Å². The van der Waals surface area contributed by atoms with Crippen LogP contribution in [-0.4, -0.2) is 32.7 Å². The van der Waals surface area contributed by atoms with E-state index < -0.39 is 11.9 Å². The van der Waals surface area contributed by atoms with E-state index in [-0.39, 0.29) is 4.88 Å². The number of rotatable bonds is 5. The van der Waals surface area contributed by atoms with Crippen molar-refractivity contribution in [2.75, 3.05) is 20.8 Å². The fourth-order valence-electron chi connectivity index (χ4n) is 1.13. The first kappa shape index (κ1) is 13.5. The predicted octanol–water partition coefficient (Wildman–Crippen LogP) is 1.22. The minimum absolute atomic E-state index is 0.260. The van der Waals surface area contributed by atoms with Crippen molar-refractivity contribution in [2.24, 2.45) is 0 Å². The third-order valence-corrected chi connectivity index (χ3v) is 2.88. The van der Waals surface area contributed by atoms with E-state index in [4.69, 9.17) is 4.74 Å². The molecule has 0 aliphatic heterocycles. The van der Waals surface area contributed by atoms with Gasteiger partial charge in [0.15, 0.2) is 4.88 Å². The highest BCUT2D eigenvalue weighted by Gasteiger charge is 2.21. The van der Waals surface area contributed by atoms with Crippen molar-refractivity contribution in [2.45, 2.75) is 6.92 Å². The van der Waals surface area contributed by atoms with Gasteiger partial charge in [0.25, 0.3) is 5.91 Å². The summed E-state index contributed by atoms with van der Waals surface area (Å²) in [7, 11) is 2.60. The molecule has 1 aromatic heterocycles. The average molecular weight is 259 g/mol. The van der Waals surface area contributed by atoms with Crippen molar-refractivity contribution >= 4 is 23.2 Å². The summed E-state index contributed by atoms with van der Waals surface area (Å²) in [4.78, 5) is 28.0. The van der Waals surface area contributed by atoms with Crippen LogP contribution in [0.2, 0.25) is 0 Å². The predicted molar refractivity (Wildman–Crippen MR) is 61.3 cm³/mol. The van der Waals surface area contributed by atoms with Crippen molar-refractivity contribution < 1.29 is 23.9 Å². The first-order valence-electron chi connectivity index (χ1n) is 4.82. The lowest BCUT2D eigenvalue weighted by molar-refractivity contribution is 0.0541. The summed E-state index contributed by atoms with van der Waals surface area (Å²) >= 11 is 0.989. The number of ether oxygens (including phenoxy) is 2. The van der Waals surface area contributed by atoms with Crippen LogP contribution in [0, 0.1) is 0 Å². The van der Waals surface area contributed by atoms with Crippen LogP contribution in [0.1, 0.15) is 26.3 Å². The largest absolute Gasteiger partial charge is 0.492 e. The SMILES string of the molecule is CCOc1cc(C(=O)NOC)sc1C(=O)OC. The lowest BCUT2D eigenvalue weighted by Crippen LogP contribution is -2.20. The molecule has 0 unspecified atom stereocenters. The van der Waals surface area contributed by atoms with Crippen LogP contribution in [0.25, 0.3) is 0 Å². The highest BCUT2D eigenvalue weighted by Crippen LogP contribution is 2.30. The zero-order valence-electron chi connectivity index (χ0n) is 9.73. The molecule has 17 heavy (non-hydrogen) atoms. The number of thiophene rings is 1. The Hall–Kier alpha value is -1.60. The highest BCUT2D eigenvalue weighted by atomic mass is 32.1. The Kier molecular flexibility index (Phi) is 4.92. The molecule has 0 radical (unpaired) electrons. The van der Waals surface area contributed by atoms with Gasteiger partial charge < -0.3 is 9.47 Å². The lowest BCUT2D eigenvalue weighted by Gasteiger charge is -2.01. The first-order valence-corrected chi connectivity index (χ1v) is 5.63. The van der Waals surface area contributed by atoms with Gasteiger partial charge in [0.2, 0.25) is 0 Å². The summed E-state index contributed by atoms with van der Waals surface area (Å²) < 4.78 is 9.86. The van der Waals surface area contributed by atoms with Gasteiger partial charge in [-0.1, -0.05) is 0 Å². The van der Waals surface area contributed by atoms with Crippen LogP contribution in [-0.2, 0) is 9.57 Å². The number of nitrogens with one attached hydrogen (secondary N) is 1. The Balaban J connectivity index is 3.03. The van der Waals surface area contributed by atoms with Crippen molar-refractivity contribution in [3.8, 4) is 5.75 Å². The molecule has 0 aliphatic carbocycles. The van der Waals surface area contributed by atoms with Crippen LogP contribution in [0.15, 0.2) is 6.07 Å². The minimum atomic E-state index is -0.532. The van der Waals surface area contributed by atoms with Crippen LogP contribution in [0.3, 0.4) is 0 Å². The highest BCUT2D eigenvalue weighted by molar-refractivity contribution is 7.16. The van der Waals surface area contributed by atoms with Gasteiger partial charge in [-0.15, -0.1) is 11.3 Å². The number of esters is 1. The number of hydrogen-bond donors (Lipinski definition) is 1. The molecule has 7 heteroatoms. The van der Waals surface area contributed by atoms with E-state index in [0.29, 0.717) is 17.2 Å². The van der Waals surface area contributed by atoms with Gasteiger partial charge in [-0.2, -0.15) is 0 Å². The van der Waals surface area contributed by atoms with E-state index in [2.05, 4.69) is 15.1 Å². The maximum absolute atomic E-state index is 11.5. The number of hydroxylamine groups is 1.